The van der Waals surface area contributed by atoms with Crippen molar-refractivity contribution in [2.45, 2.75) is 6.42 Å². The number of hydrogen-bond acceptors (Lipinski definition) is 1. The largest absolute Gasteiger partial charge is 0.317 e. The molecule has 0 spiro atoms. The molecule has 28 valence electrons. The molecule has 0 bridgehead atoms. The van der Waals surface area contributed by atoms with Crippen LogP contribution in [0.3, 0.4) is 0 Å². The summed E-state index contributed by atoms with van der Waals surface area (Å²) in [4.78, 5) is 0. The summed E-state index contributed by atoms with van der Waals surface area (Å²) >= 11 is 0. The molecule has 0 unspecified atom stereocenters. The zero-order valence-electron chi connectivity index (χ0n) is 3.12. The maximum Gasteiger partial charge on any atom is 0 e. The molecule has 4 radical (unpaired) electrons. The molecule has 1 nitrogen and oxygen atoms in total. The van der Waals surface area contributed by atoms with Crippen LogP contribution in [0.1, 0.15) is 6.42 Å². The van der Waals surface area contributed by atoms with Crippen LogP contribution in [0.15, 0.2) is 0 Å². The van der Waals surface area contributed by atoms with Crippen molar-refractivity contribution < 1.29 is 0 Å². The maximum atomic E-state index is 3.11. The molecule has 5 heavy (non-hydrogen) atoms. The Morgan fingerprint density at radius 3 is 1.40 bits per heavy atom. The molecular formula is C3H7NSn. The average molecular weight is 176 g/mol. The molecule has 0 atom stereocenters. The SMILES string of the molecule is C1CNC1.[Sn]. The molecule has 0 aromatic carbocycles. The summed E-state index contributed by atoms with van der Waals surface area (Å²) in [6.45, 7) is 2.50. The molecule has 0 aliphatic carbocycles. The number of hydrogen-bond donors (Lipinski definition) is 1. The van der Waals surface area contributed by atoms with Crippen LogP contribution in [0, 0.1) is 0 Å². The van der Waals surface area contributed by atoms with Gasteiger partial charge in [-0.05, 0) is 19.5 Å². The van der Waals surface area contributed by atoms with Crippen molar-refractivity contribution in [1.82, 2.24) is 5.32 Å². The quantitative estimate of drug-likeness (QED) is 0.495. The van der Waals surface area contributed by atoms with Crippen LogP contribution in [0.4, 0.5) is 0 Å². The molecule has 1 heterocycles. The van der Waals surface area contributed by atoms with Gasteiger partial charge in [0.15, 0.2) is 0 Å². The summed E-state index contributed by atoms with van der Waals surface area (Å²) in [5.41, 5.74) is 0. The van der Waals surface area contributed by atoms with E-state index in [0.717, 1.165) is 0 Å². The van der Waals surface area contributed by atoms with Gasteiger partial charge in [-0.1, -0.05) is 0 Å². The predicted octanol–water partition coefficient (Wildman–Crippen LogP) is -0.401. The van der Waals surface area contributed by atoms with Crippen LogP contribution in [-0.2, 0) is 0 Å². The Morgan fingerprint density at radius 1 is 1.20 bits per heavy atom. The van der Waals surface area contributed by atoms with E-state index in [0.29, 0.717) is 0 Å². The minimum atomic E-state index is 0. The molecule has 0 aromatic rings. The fraction of sp³-hybridized carbons (Fsp3) is 1.00. The number of nitrogens with one attached hydrogen (secondary N) is 1. The van der Waals surface area contributed by atoms with Crippen LogP contribution < -0.4 is 5.32 Å². The molecule has 0 amide bonds. The Morgan fingerprint density at radius 2 is 1.40 bits per heavy atom. The summed E-state index contributed by atoms with van der Waals surface area (Å²) in [7, 11) is 0. The molecule has 2 heteroatoms. The average Bonchev–Trinajstić information content (AvgIpc) is 0.722. The predicted molar refractivity (Wildman–Crippen MR) is 23.2 cm³/mol. The van der Waals surface area contributed by atoms with Gasteiger partial charge in [0.1, 0.15) is 0 Å². The smallest absolute Gasteiger partial charge is 0 e. The second-order valence-corrected chi connectivity index (χ2v) is 1.10. The third-order valence-electron chi connectivity index (χ3n) is 0.707. The Hall–Kier alpha value is 0.759. The van der Waals surface area contributed by atoms with E-state index >= 15 is 0 Å². The van der Waals surface area contributed by atoms with Crippen molar-refractivity contribution in [1.29, 1.82) is 0 Å². The minimum absolute atomic E-state index is 0. The van der Waals surface area contributed by atoms with Crippen molar-refractivity contribution in [2.75, 3.05) is 13.1 Å². The zero-order valence-corrected chi connectivity index (χ0v) is 5.98. The van der Waals surface area contributed by atoms with E-state index in [9.17, 15) is 0 Å². The fourth-order valence-corrected chi connectivity index (χ4v) is 0.177. The van der Waals surface area contributed by atoms with Gasteiger partial charge in [0.25, 0.3) is 0 Å². The van der Waals surface area contributed by atoms with E-state index in [4.69, 9.17) is 0 Å². The van der Waals surface area contributed by atoms with Gasteiger partial charge < -0.3 is 5.32 Å². The Balaban J connectivity index is 0.000000160. The summed E-state index contributed by atoms with van der Waals surface area (Å²) in [5.74, 6) is 0. The standard InChI is InChI=1S/C3H7N.Sn/c1-2-4-3-1;/h4H,1-3H2;. The van der Waals surface area contributed by atoms with Crippen LogP contribution in [0.25, 0.3) is 0 Å². The van der Waals surface area contributed by atoms with Crippen LogP contribution in [0.5, 0.6) is 0 Å². The van der Waals surface area contributed by atoms with Crippen LogP contribution >= 0.6 is 0 Å². The first-order valence-corrected chi connectivity index (χ1v) is 1.71. The van der Waals surface area contributed by atoms with Crippen molar-refractivity contribution in [3.63, 3.8) is 0 Å². The summed E-state index contributed by atoms with van der Waals surface area (Å²) in [6.07, 6.45) is 1.39. The van der Waals surface area contributed by atoms with Crippen molar-refractivity contribution in [3.05, 3.63) is 0 Å². The summed E-state index contributed by atoms with van der Waals surface area (Å²) in [5, 5.41) is 3.11. The second-order valence-electron chi connectivity index (χ2n) is 1.10. The molecule has 1 saturated heterocycles. The van der Waals surface area contributed by atoms with E-state index in [1.54, 1.807) is 0 Å². The Kier molecular flexibility index (Phi) is 3.42. The zero-order chi connectivity index (χ0) is 2.83. The van der Waals surface area contributed by atoms with Gasteiger partial charge in [-0.25, -0.2) is 0 Å². The Bertz CT molecular complexity index is 14.9. The van der Waals surface area contributed by atoms with E-state index in [1.165, 1.54) is 19.5 Å². The van der Waals surface area contributed by atoms with Gasteiger partial charge in [-0.2, -0.15) is 0 Å². The molecule has 0 saturated carbocycles. The first-order valence-electron chi connectivity index (χ1n) is 1.71. The number of rotatable bonds is 0. The molecule has 1 N–H and O–H groups in total. The van der Waals surface area contributed by atoms with E-state index in [-0.39, 0.29) is 23.9 Å². The normalized spacial score (nSPS) is 19.2. The molecule has 1 aliphatic rings. The van der Waals surface area contributed by atoms with E-state index in [1.807, 2.05) is 0 Å². The van der Waals surface area contributed by atoms with E-state index in [2.05, 4.69) is 5.32 Å². The molecule has 1 rings (SSSR count). The summed E-state index contributed by atoms with van der Waals surface area (Å²) in [6, 6.07) is 0. The molecular weight excluding hydrogens is 169 g/mol. The van der Waals surface area contributed by atoms with Crippen LogP contribution in [0.2, 0.25) is 0 Å². The van der Waals surface area contributed by atoms with Gasteiger partial charge in [-0.3, -0.25) is 0 Å². The first-order chi connectivity index (χ1) is 2.00. The van der Waals surface area contributed by atoms with Gasteiger partial charge in [0.2, 0.25) is 0 Å². The van der Waals surface area contributed by atoms with Gasteiger partial charge in [0, 0.05) is 23.9 Å². The third-order valence-corrected chi connectivity index (χ3v) is 0.707. The molecule has 1 fully saturated rings. The van der Waals surface area contributed by atoms with Crippen molar-refractivity contribution >= 4 is 23.9 Å². The molecule has 1 aliphatic heterocycles. The van der Waals surface area contributed by atoms with Gasteiger partial charge in [-0.15, -0.1) is 0 Å². The summed E-state index contributed by atoms with van der Waals surface area (Å²) < 4.78 is 0. The molecule has 0 aromatic heterocycles. The fourth-order valence-electron chi connectivity index (χ4n) is 0.177. The van der Waals surface area contributed by atoms with E-state index < -0.39 is 0 Å². The maximum absolute atomic E-state index is 3.11. The topological polar surface area (TPSA) is 12.0 Å². The monoisotopic (exact) mass is 177 g/mol. The van der Waals surface area contributed by atoms with Gasteiger partial charge >= 0.3 is 0 Å². The Labute approximate surface area is 49.1 Å². The van der Waals surface area contributed by atoms with Gasteiger partial charge in [0.05, 0.1) is 0 Å². The van der Waals surface area contributed by atoms with Crippen molar-refractivity contribution in [2.24, 2.45) is 0 Å². The minimum Gasteiger partial charge on any atom is -0.317 e. The first kappa shape index (κ1) is 5.76. The van der Waals surface area contributed by atoms with Crippen LogP contribution in [-0.4, -0.2) is 37.0 Å². The third kappa shape index (κ3) is 1.60. The van der Waals surface area contributed by atoms with Crippen molar-refractivity contribution in [3.8, 4) is 0 Å². The second kappa shape index (κ2) is 2.97.